The van der Waals surface area contributed by atoms with E-state index in [2.05, 4.69) is 17.2 Å². The molecule has 0 spiro atoms. The molecule has 2 aromatic carbocycles. The number of nitrogens with one attached hydrogen (secondary N) is 2. The third kappa shape index (κ3) is 3.51. The molecule has 6 heteroatoms. The highest BCUT2D eigenvalue weighted by Crippen LogP contribution is 2.38. The Hall–Kier alpha value is -3.12. The van der Waals surface area contributed by atoms with E-state index in [-0.39, 0.29) is 11.8 Å². The fourth-order valence-corrected chi connectivity index (χ4v) is 3.74. The van der Waals surface area contributed by atoms with Crippen molar-refractivity contribution in [2.24, 2.45) is 0 Å². The van der Waals surface area contributed by atoms with Crippen molar-refractivity contribution >= 4 is 39.6 Å². The Morgan fingerprint density at radius 1 is 1.11 bits per heavy atom. The number of amides is 2. The van der Waals surface area contributed by atoms with Gasteiger partial charge in [0.15, 0.2) is 0 Å². The molecule has 1 saturated carbocycles. The van der Waals surface area contributed by atoms with Crippen molar-refractivity contribution in [1.82, 2.24) is 5.32 Å². The van der Waals surface area contributed by atoms with Crippen molar-refractivity contribution in [1.29, 1.82) is 0 Å². The van der Waals surface area contributed by atoms with Crippen LogP contribution in [0.1, 0.15) is 22.5 Å². The number of thiophene rings is 1. The van der Waals surface area contributed by atoms with Gasteiger partial charge in [-0.1, -0.05) is 43.0 Å². The lowest BCUT2D eigenvalue weighted by molar-refractivity contribution is -0.118. The molecule has 1 aliphatic carbocycles. The highest BCUT2D eigenvalue weighted by molar-refractivity contribution is 7.12. The maximum Gasteiger partial charge on any atom is 0.262 e. The van der Waals surface area contributed by atoms with Crippen LogP contribution in [0.25, 0.3) is 10.8 Å². The molecule has 2 amide bonds. The van der Waals surface area contributed by atoms with Gasteiger partial charge in [-0.25, -0.2) is 0 Å². The fraction of sp³-hybridized carbons (Fsp3) is 0.182. The van der Waals surface area contributed by atoms with Gasteiger partial charge in [-0.2, -0.15) is 0 Å². The van der Waals surface area contributed by atoms with E-state index < -0.39 is 5.54 Å². The van der Waals surface area contributed by atoms with Crippen LogP contribution in [-0.4, -0.2) is 24.0 Å². The molecule has 0 atom stereocenters. The third-order valence-corrected chi connectivity index (χ3v) is 5.64. The zero-order valence-electron chi connectivity index (χ0n) is 15.2. The maximum absolute atomic E-state index is 12.9. The minimum atomic E-state index is -0.833. The predicted octanol–water partition coefficient (Wildman–Crippen LogP) is 4.37. The number of carbonyl (C=O) groups excluding carboxylic acids is 2. The average Bonchev–Trinajstić information content (AvgIpc) is 3.28. The summed E-state index contributed by atoms with van der Waals surface area (Å²) in [6.07, 6.45) is 2.96. The monoisotopic (exact) mass is 392 g/mol. The van der Waals surface area contributed by atoms with Crippen LogP contribution in [0.5, 0.6) is 5.75 Å². The Kier molecular flexibility index (Phi) is 4.88. The molecule has 1 aromatic heterocycles. The molecule has 5 nitrogen and oxygen atoms in total. The zero-order chi connectivity index (χ0) is 19.6. The Bertz CT molecular complexity index is 1040. The van der Waals surface area contributed by atoms with Gasteiger partial charge >= 0.3 is 0 Å². The predicted molar refractivity (Wildman–Crippen MR) is 112 cm³/mol. The quantitative estimate of drug-likeness (QED) is 0.587. The summed E-state index contributed by atoms with van der Waals surface area (Å²) >= 11 is 1.36. The molecule has 2 N–H and O–H groups in total. The molecule has 0 radical (unpaired) electrons. The number of carbonyl (C=O) groups is 2. The van der Waals surface area contributed by atoms with Gasteiger partial charge in [0.25, 0.3) is 5.91 Å². The molecule has 0 bridgehead atoms. The first-order valence-electron chi connectivity index (χ1n) is 9.06. The van der Waals surface area contributed by atoms with Gasteiger partial charge in [-0.15, -0.1) is 11.3 Å². The Labute approximate surface area is 167 Å². The van der Waals surface area contributed by atoms with Crippen LogP contribution >= 0.6 is 11.3 Å². The number of benzene rings is 2. The van der Waals surface area contributed by atoms with Crippen LogP contribution in [-0.2, 0) is 4.79 Å². The molecule has 142 valence electrons. The van der Waals surface area contributed by atoms with Gasteiger partial charge < -0.3 is 15.4 Å². The minimum absolute atomic E-state index is 0.192. The summed E-state index contributed by atoms with van der Waals surface area (Å²) < 4.78 is 5.72. The lowest BCUT2D eigenvalue weighted by atomic mass is 10.1. The van der Waals surface area contributed by atoms with Crippen LogP contribution < -0.4 is 15.4 Å². The summed E-state index contributed by atoms with van der Waals surface area (Å²) in [4.78, 5) is 25.9. The average molecular weight is 392 g/mol. The second-order valence-electron chi connectivity index (χ2n) is 6.72. The van der Waals surface area contributed by atoms with E-state index in [4.69, 9.17) is 4.74 Å². The maximum atomic E-state index is 12.9. The van der Waals surface area contributed by atoms with Gasteiger partial charge in [0.1, 0.15) is 17.9 Å². The van der Waals surface area contributed by atoms with Crippen LogP contribution in [0.2, 0.25) is 0 Å². The first kappa shape index (κ1) is 18.3. The van der Waals surface area contributed by atoms with E-state index in [0.29, 0.717) is 30.0 Å². The SMILES string of the molecule is C=CCOc1ccc(NC(=O)C2(NC(=O)c3cccs3)CC2)c2ccccc12. The Morgan fingerprint density at radius 3 is 2.57 bits per heavy atom. The van der Waals surface area contributed by atoms with E-state index in [1.165, 1.54) is 11.3 Å². The standard InChI is InChI=1S/C22H20N2O3S/c1-2-13-27-18-10-9-17(15-6-3-4-7-16(15)18)23-21(26)22(11-12-22)24-20(25)19-8-5-14-28-19/h2-10,14H,1,11-13H2,(H,23,26)(H,24,25). The third-order valence-electron chi connectivity index (χ3n) is 4.77. The van der Waals surface area contributed by atoms with E-state index in [1.54, 1.807) is 12.1 Å². The highest BCUT2D eigenvalue weighted by atomic mass is 32.1. The minimum Gasteiger partial charge on any atom is -0.489 e. The molecule has 0 saturated heterocycles. The smallest absolute Gasteiger partial charge is 0.262 e. The van der Waals surface area contributed by atoms with Crippen molar-refractivity contribution in [2.75, 3.05) is 11.9 Å². The summed E-state index contributed by atoms with van der Waals surface area (Å²) in [6, 6.07) is 15.0. The van der Waals surface area contributed by atoms with Gasteiger partial charge in [-0.3, -0.25) is 9.59 Å². The van der Waals surface area contributed by atoms with E-state index in [9.17, 15) is 9.59 Å². The summed E-state index contributed by atoms with van der Waals surface area (Å²) in [7, 11) is 0. The number of ether oxygens (including phenoxy) is 1. The fourth-order valence-electron chi connectivity index (χ4n) is 3.12. The second-order valence-corrected chi connectivity index (χ2v) is 7.67. The topological polar surface area (TPSA) is 67.4 Å². The molecule has 3 aromatic rings. The molecule has 0 aliphatic heterocycles. The van der Waals surface area contributed by atoms with E-state index >= 15 is 0 Å². The summed E-state index contributed by atoms with van der Waals surface area (Å²) in [5.74, 6) is 0.337. The molecule has 0 unspecified atom stereocenters. The number of hydrogen-bond donors (Lipinski definition) is 2. The Morgan fingerprint density at radius 2 is 1.89 bits per heavy atom. The number of fused-ring (bicyclic) bond motifs is 1. The molecule has 1 heterocycles. The molecule has 1 fully saturated rings. The van der Waals surface area contributed by atoms with Crippen molar-refractivity contribution in [3.8, 4) is 5.75 Å². The number of rotatable bonds is 7. The molecular formula is C22H20N2O3S. The van der Waals surface area contributed by atoms with Crippen molar-refractivity contribution < 1.29 is 14.3 Å². The highest BCUT2D eigenvalue weighted by Gasteiger charge is 2.51. The molecule has 28 heavy (non-hydrogen) atoms. The summed E-state index contributed by atoms with van der Waals surface area (Å²) in [5, 5.41) is 9.54. The van der Waals surface area contributed by atoms with E-state index in [0.717, 1.165) is 16.5 Å². The number of anilines is 1. The first-order valence-corrected chi connectivity index (χ1v) is 9.94. The van der Waals surface area contributed by atoms with Gasteiger partial charge in [0.05, 0.1) is 4.88 Å². The lowest BCUT2D eigenvalue weighted by Gasteiger charge is -2.18. The largest absolute Gasteiger partial charge is 0.489 e. The Balaban J connectivity index is 1.55. The van der Waals surface area contributed by atoms with Crippen molar-refractivity contribution in [3.05, 3.63) is 71.4 Å². The van der Waals surface area contributed by atoms with Gasteiger partial charge in [0.2, 0.25) is 5.91 Å². The van der Waals surface area contributed by atoms with Crippen LogP contribution in [0.3, 0.4) is 0 Å². The normalized spacial score (nSPS) is 14.3. The van der Waals surface area contributed by atoms with Crippen LogP contribution in [0, 0.1) is 0 Å². The summed E-state index contributed by atoms with van der Waals surface area (Å²) in [6.45, 7) is 4.08. The molecular weight excluding hydrogens is 372 g/mol. The number of hydrogen-bond acceptors (Lipinski definition) is 4. The van der Waals surface area contributed by atoms with Gasteiger partial charge in [-0.05, 0) is 36.4 Å². The van der Waals surface area contributed by atoms with Gasteiger partial charge in [0, 0.05) is 16.5 Å². The lowest BCUT2D eigenvalue weighted by Crippen LogP contribution is -2.46. The summed E-state index contributed by atoms with van der Waals surface area (Å²) in [5.41, 5.74) is -0.136. The molecule has 4 rings (SSSR count). The second kappa shape index (κ2) is 7.48. The van der Waals surface area contributed by atoms with Crippen LogP contribution in [0.4, 0.5) is 5.69 Å². The zero-order valence-corrected chi connectivity index (χ0v) is 16.1. The van der Waals surface area contributed by atoms with Crippen LogP contribution in [0.15, 0.2) is 66.6 Å². The van der Waals surface area contributed by atoms with Crippen molar-refractivity contribution in [3.63, 3.8) is 0 Å². The molecule has 1 aliphatic rings. The van der Waals surface area contributed by atoms with E-state index in [1.807, 2.05) is 47.8 Å². The first-order chi connectivity index (χ1) is 13.6. The van der Waals surface area contributed by atoms with Crippen molar-refractivity contribution in [2.45, 2.75) is 18.4 Å².